The maximum Gasteiger partial charge on any atom is 0.187 e. The minimum Gasteiger partial charge on any atom is -0.394 e. The summed E-state index contributed by atoms with van der Waals surface area (Å²) in [5.74, 6) is 0. The van der Waals surface area contributed by atoms with E-state index in [0.717, 1.165) is 25.7 Å². The van der Waals surface area contributed by atoms with E-state index in [1.165, 1.54) is 0 Å². The monoisotopic (exact) mass is 439 g/mol. The van der Waals surface area contributed by atoms with Gasteiger partial charge in [0, 0.05) is 6.04 Å². The van der Waals surface area contributed by atoms with Crippen molar-refractivity contribution in [3.63, 3.8) is 0 Å². The molecule has 9 N–H and O–H groups in total. The summed E-state index contributed by atoms with van der Waals surface area (Å²) < 4.78 is 16.5. The number of aliphatic hydroxyl groups excluding tert-OH is 7. The average molecular weight is 440 g/mol. The Bertz CT molecular complexity index is 496. The fourth-order valence-electron chi connectivity index (χ4n) is 3.93. The first-order valence-electron chi connectivity index (χ1n) is 10.6. The molecule has 0 amide bonds. The summed E-state index contributed by atoms with van der Waals surface area (Å²) in [4.78, 5) is 0. The van der Waals surface area contributed by atoms with Gasteiger partial charge in [-0.1, -0.05) is 26.2 Å². The fraction of sp³-hybridized carbons (Fsp3) is 1.00. The highest BCUT2D eigenvalue weighted by Crippen LogP contribution is 2.30. The van der Waals surface area contributed by atoms with Crippen LogP contribution in [0, 0.1) is 0 Å². The van der Waals surface area contributed by atoms with Crippen LogP contribution in [0.5, 0.6) is 0 Å². The van der Waals surface area contributed by atoms with Crippen LogP contribution < -0.4 is 5.73 Å². The topological polar surface area (TPSA) is 195 Å². The van der Waals surface area contributed by atoms with Gasteiger partial charge < -0.3 is 55.7 Å². The van der Waals surface area contributed by atoms with Crippen LogP contribution in [0.25, 0.3) is 0 Å². The minimum absolute atomic E-state index is 0.245. The van der Waals surface area contributed by atoms with E-state index < -0.39 is 74.4 Å². The predicted octanol–water partition coefficient (Wildman–Crippen LogP) is -3.05. The number of rotatable bonds is 10. The lowest BCUT2D eigenvalue weighted by atomic mass is 9.90. The largest absolute Gasteiger partial charge is 0.394 e. The van der Waals surface area contributed by atoms with Crippen molar-refractivity contribution in [1.82, 2.24) is 0 Å². The van der Waals surface area contributed by atoms with E-state index in [1.54, 1.807) is 0 Å². The Morgan fingerprint density at radius 1 is 0.800 bits per heavy atom. The van der Waals surface area contributed by atoms with Crippen LogP contribution in [0.3, 0.4) is 0 Å². The molecule has 0 bridgehead atoms. The molecule has 0 saturated carbocycles. The maximum atomic E-state index is 10.6. The zero-order valence-electron chi connectivity index (χ0n) is 17.2. The molecule has 0 spiro atoms. The second kappa shape index (κ2) is 12.0. The zero-order valence-corrected chi connectivity index (χ0v) is 17.2. The molecular formula is C19H37NO10. The second-order valence-electron chi connectivity index (χ2n) is 8.17. The van der Waals surface area contributed by atoms with Gasteiger partial charge in [0.25, 0.3) is 0 Å². The average Bonchev–Trinajstić information content (AvgIpc) is 2.73. The molecule has 0 aliphatic carbocycles. The lowest BCUT2D eigenvalue weighted by molar-refractivity contribution is -0.342. The van der Waals surface area contributed by atoms with E-state index in [9.17, 15) is 35.7 Å². The molecule has 30 heavy (non-hydrogen) atoms. The minimum atomic E-state index is -1.68. The van der Waals surface area contributed by atoms with Crippen LogP contribution in [0.4, 0.5) is 0 Å². The molecule has 1 unspecified atom stereocenters. The number of unbranched alkanes of at least 4 members (excludes halogenated alkanes) is 2. The van der Waals surface area contributed by atoms with Crippen molar-refractivity contribution < 1.29 is 50.0 Å². The van der Waals surface area contributed by atoms with Crippen molar-refractivity contribution in [3.05, 3.63) is 0 Å². The second-order valence-corrected chi connectivity index (χ2v) is 8.17. The standard InChI is InChI=1S/C19H37NO10/c1-2-3-4-5-9(20)6-10-13(23)16(26)18(12(8-22)28-10)30-19-17(27)15(25)14(24)11(7-21)29-19/h9-19,21-27H,2-8,20H2,1H3/t9?,10-,11-,12-,13+,14-,15+,16-,17-,18-,19+/m1/s1. The number of nitrogens with two attached hydrogens (primary N) is 1. The lowest BCUT2D eigenvalue weighted by Gasteiger charge is -2.46. The lowest BCUT2D eigenvalue weighted by Crippen LogP contribution is -2.64. The molecule has 0 aromatic rings. The van der Waals surface area contributed by atoms with Crippen LogP contribution in [0.2, 0.25) is 0 Å². The molecule has 2 aliphatic rings. The highest BCUT2D eigenvalue weighted by molar-refractivity contribution is 4.96. The summed E-state index contributed by atoms with van der Waals surface area (Å²) in [7, 11) is 0. The Morgan fingerprint density at radius 3 is 2.03 bits per heavy atom. The van der Waals surface area contributed by atoms with Gasteiger partial charge in [0.2, 0.25) is 0 Å². The van der Waals surface area contributed by atoms with Crippen LogP contribution in [0.15, 0.2) is 0 Å². The molecule has 0 aromatic heterocycles. The van der Waals surface area contributed by atoms with Crippen molar-refractivity contribution in [2.45, 2.75) is 106 Å². The normalized spacial score (nSPS) is 43.5. The van der Waals surface area contributed by atoms with Crippen LogP contribution in [-0.2, 0) is 14.2 Å². The molecule has 0 radical (unpaired) electrons. The summed E-state index contributed by atoms with van der Waals surface area (Å²) in [5, 5.41) is 70.0. The van der Waals surface area contributed by atoms with Crippen molar-refractivity contribution in [3.8, 4) is 0 Å². The highest BCUT2D eigenvalue weighted by Gasteiger charge is 2.50. The van der Waals surface area contributed by atoms with Crippen LogP contribution >= 0.6 is 0 Å². The first-order valence-corrected chi connectivity index (χ1v) is 10.6. The van der Waals surface area contributed by atoms with Gasteiger partial charge in [-0.25, -0.2) is 0 Å². The molecule has 178 valence electrons. The summed E-state index contributed by atoms with van der Waals surface area (Å²) in [5.41, 5.74) is 6.11. The van der Waals surface area contributed by atoms with Gasteiger partial charge >= 0.3 is 0 Å². The third kappa shape index (κ3) is 6.08. The molecule has 2 heterocycles. The van der Waals surface area contributed by atoms with E-state index in [1.807, 2.05) is 0 Å². The summed E-state index contributed by atoms with van der Waals surface area (Å²) in [6.07, 6.45) is -9.58. The smallest absolute Gasteiger partial charge is 0.187 e. The van der Waals surface area contributed by atoms with E-state index in [4.69, 9.17) is 19.9 Å². The zero-order chi connectivity index (χ0) is 22.4. The van der Waals surface area contributed by atoms with Gasteiger partial charge in [-0.15, -0.1) is 0 Å². The predicted molar refractivity (Wildman–Crippen MR) is 103 cm³/mol. The van der Waals surface area contributed by atoms with E-state index >= 15 is 0 Å². The Hall–Kier alpha value is -0.440. The van der Waals surface area contributed by atoms with Crippen LogP contribution in [0.1, 0.15) is 39.0 Å². The first kappa shape index (κ1) is 25.8. The number of aliphatic hydroxyl groups is 7. The van der Waals surface area contributed by atoms with Crippen molar-refractivity contribution in [2.24, 2.45) is 5.73 Å². The first-order chi connectivity index (χ1) is 14.2. The van der Waals surface area contributed by atoms with Gasteiger partial charge in [0.1, 0.15) is 48.8 Å². The third-order valence-electron chi connectivity index (χ3n) is 5.82. The van der Waals surface area contributed by atoms with Gasteiger partial charge in [0.15, 0.2) is 6.29 Å². The van der Waals surface area contributed by atoms with Gasteiger partial charge in [-0.2, -0.15) is 0 Å². The molecule has 0 aromatic carbocycles. The number of hydrogen-bond acceptors (Lipinski definition) is 11. The van der Waals surface area contributed by atoms with E-state index in [-0.39, 0.29) is 12.5 Å². The number of ether oxygens (including phenoxy) is 3. The highest BCUT2D eigenvalue weighted by atomic mass is 16.7. The van der Waals surface area contributed by atoms with Crippen molar-refractivity contribution in [1.29, 1.82) is 0 Å². The third-order valence-corrected chi connectivity index (χ3v) is 5.82. The fourth-order valence-corrected chi connectivity index (χ4v) is 3.93. The van der Waals surface area contributed by atoms with Crippen molar-refractivity contribution in [2.75, 3.05) is 13.2 Å². The summed E-state index contributed by atoms with van der Waals surface area (Å²) >= 11 is 0. The molecule has 2 saturated heterocycles. The molecule has 2 fully saturated rings. The molecule has 2 rings (SSSR count). The Morgan fingerprint density at radius 2 is 1.43 bits per heavy atom. The Kier molecular flexibility index (Phi) is 10.3. The molecule has 11 nitrogen and oxygen atoms in total. The van der Waals surface area contributed by atoms with Gasteiger partial charge in [-0.3, -0.25) is 0 Å². The molecule has 2 aliphatic heterocycles. The van der Waals surface area contributed by atoms with Gasteiger partial charge in [0.05, 0.1) is 19.3 Å². The van der Waals surface area contributed by atoms with Gasteiger partial charge in [-0.05, 0) is 12.8 Å². The quantitative estimate of drug-likeness (QED) is 0.161. The van der Waals surface area contributed by atoms with E-state index in [2.05, 4.69) is 6.92 Å². The summed E-state index contributed by atoms with van der Waals surface area (Å²) in [6.45, 7) is 0.892. The Labute approximate surface area is 176 Å². The molecule has 11 atom stereocenters. The van der Waals surface area contributed by atoms with Crippen molar-refractivity contribution >= 4 is 0 Å². The Balaban J connectivity index is 2.02. The maximum absolute atomic E-state index is 10.6. The summed E-state index contributed by atoms with van der Waals surface area (Å²) in [6, 6.07) is -0.245. The molecule has 11 heteroatoms. The molecular weight excluding hydrogens is 402 g/mol. The SMILES string of the molecule is CCCCCC(N)C[C@H]1O[C@H](CO)[C@@H](O[C@@H]2O[C@H](CO)[C@@H](O)[C@H](O)[C@H]2O)[C@H](O)[C@H]1O. The number of hydrogen-bond donors (Lipinski definition) is 8. The van der Waals surface area contributed by atoms with E-state index in [0.29, 0.717) is 0 Å². The van der Waals surface area contributed by atoms with Crippen LogP contribution in [-0.4, -0.2) is 116 Å².